The van der Waals surface area contributed by atoms with Crippen LogP contribution in [0.5, 0.6) is 0 Å². The maximum atomic E-state index is 2.34. The number of hydrogen-bond acceptors (Lipinski definition) is 2. The van der Waals surface area contributed by atoms with E-state index in [9.17, 15) is 0 Å². The summed E-state index contributed by atoms with van der Waals surface area (Å²) in [7, 11) is 0. The van der Waals surface area contributed by atoms with Crippen LogP contribution >= 0.6 is 0 Å². The number of para-hydroxylation sites is 2. The predicted octanol–water partition coefficient (Wildman–Crippen LogP) is 13.6. The van der Waals surface area contributed by atoms with E-state index in [1.54, 1.807) is 0 Å². The molecule has 0 aliphatic carbocycles. The van der Waals surface area contributed by atoms with Crippen LogP contribution in [0.1, 0.15) is 0 Å². The highest BCUT2D eigenvalue weighted by atomic mass is 15.1. The molecule has 0 aliphatic rings. The second kappa shape index (κ2) is 14.2. The van der Waals surface area contributed by atoms with E-state index in [2.05, 4.69) is 228 Å². The van der Waals surface area contributed by atoms with E-state index in [0.29, 0.717) is 0 Å². The first-order valence-electron chi connectivity index (χ1n) is 17.0. The van der Waals surface area contributed by atoms with Crippen molar-refractivity contribution in [3.8, 4) is 33.4 Å². The molecule has 0 saturated carbocycles. The smallest absolute Gasteiger partial charge is 0.0467 e. The molecule has 8 aromatic rings. The molecule has 8 aromatic carbocycles. The van der Waals surface area contributed by atoms with E-state index in [1.165, 1.54) is 33.4 Å². The zero-order valence-electron chi connectivity index (χ0n) is 27.7. The van der Waals surface area contributed by atoms with Gasteiger partial charge in [0.1, 0.15) is 0 Å². The lowest BCUT2D eigenvalue weighted by Gasteiger charge is -2.27. The highest BCUT2D eigenvalue weighted by Gasteiger charge is 2.15. The lowest BCUT2D eigenvalue weighted by molar-refractivity contribution is 1.28. The van der Waals surface area contributed by atoms with Crippen molar-refractivity contribution in [2.45, 2.75) is 0 Å². The molecule has 2 heteroatoms. The van der Waals surface area contributed by atoms with Gasteiger partial charge in [-0.15, -0.1) is 0 Å². The van der Waals surface area contributed by atoms with Gasteiger partial charge in [0.05, 0.1) is 0 Å². The van der Waals surface area contributed by atoms with Crippen LogP contribution in [0.2, 0.25) is 0 Å². The Hall–Kier alpha value is -6.64. The third kappa shape index (κ3) is 6.56. The summed E-state index contributed by atoms with van der Waals surface area (Å²) in [6.45, 7) is 0. The van der Waals surface area contributed by atoms with Gasteiger partial charge in [-0.25, -0.2) is 0 Å². The SMILES string of the molecule is c1ccc(-c2ccc(N(c3ccc(-c4ccc(N(c5ccccc5)c5ccccc5)cc4)cc3)c3cccc(-c4ccccc4)c3)cc2)cc1. The Morgan fingerprint density at radius 1 is 0.180 bits per heavy atom. The van der Waals surface area contributed by atoms with Gasteiger partial charge in [0.15, 0.2) is 0 Å². The standard InChI is InChI=1S/C48H36N2/c1-5-14-37(15-6-1)39-24-32-46(33-25-39)50(48-23-13-18-42(36-48)38-16-7-2-8-17-38)47-34-28-41(29-35-47)40-26-30-45(31-27-40)49(43-19-9-3-10-20-43)44-21-11-4-12-22-44/h1-36H. The van der Waals surface area contributed by atoms with Crippen LogP contribution in [0, 0.1) is 0 Å². The normalized spacial score (nSPS) is 10.8. The number of rotatable bonds is 9. The lowest BCUT2D eigenvalue weighted by Crippen LogP contribution is -2.10. The van der Waals surface area contributed by atoms with E-state index >= 15 is 0 Å². The largest absolute Gasteiger partial charge is 0.311 e. The molecule has 8 rings (SSSR count). The Morgan fingerprint density at radius 3 is 0.840 bits per heavy atom. The molecular formula is C48H36N2. The first kappa shape index (κ1) is 30.7. The molecular weight excluding hydrogens is 605 g/mol. The van der Waals surface area contributed by atoms with Crippen molar-refractivity contribution in [3.05, 3.63) is 218 Å². The molecule has 2 nitrogen and oxygen atoms in total. The maximum absolute atomic E-state index is 2.34. The van der Waals surface area contributed by atoms with Crippen molar-refractivity contribution in [1.82, 2.24) is 0 Å². The van der Waals surface area contributed by atoms with E-state index in [-0.39, 0.29) is 0 Å². The fourth-order valence-electron chi connectivity index (χ4n) is 6.54. The zero-order valence-corrected chi connectivity index (χ0v) is 27.7. The minimum absolute atomic E-state index is 1.10. The first-order chi connectivity index (χ1) is 24.8. The second-order valence-corrected chi connectivity index (χ2v) is 12.3. The molecule has 0 atom stereocenters. The Labute approximate surface area is 294 Å². The quantitative estimate of drug-likeness (QED) is 0.155. The van der Waals surface area contributed by atoms with Crippen LogP contribution in [-0.2, 0) is 0 Å². The highest BCUT2D eigenvalue weighted by molar-refractivity contribution is 5.83. The molecule has 238 valence electrons. The predicted molar refractivity (Wildman–Crippen MR) is 212 cm³/mol. The number of nitrogens with zero attached hydrogens (tertiary/aromatic N) is 2. The number of hydrogen-bond donors (Lipinski definition) is 0. The molecule has 0 amide bonds. The van der Waals surface area contributed by atoms with Gasteiger partial charge in [0, 0.05) is 34.1 Å². The van der Waals surface area contributed by atoms with E-state index in [0.717, 1.165) is 34.1 Å². The van der Waals surface area contributed by atoms with Crippen molar-refractivity contribution >= 4 is 34.1 Å². The molecule has 0 unspecified atom stereocenters. The molecule has 0 heterocycles. The summed E-state index contributed by atoms with van der Waals surface area (Å²) in [5, 5.41) is 0. The monoisotopic (exact) mass is 640 g/mol. The first-order valence-corrected chi connectivity index (χ1v) is 17.0. The average Bonchev–Trinajstić information content (AvgIpc) is 3.21. The zero-order chi connectivity index (χ0) is 33.5. The van der Waals surface area contributed by atoms with Gasteiger partial charge in [-0.05, 0) is 106 Å². The minimum atomic E-state index is 1.10. The van der Waals surface area contributed by atoms with Crippen LogP contribution in [0.4, 0.5) is 34.1 Å². The average molecular weight is 641 g/mol. The third-order valence-electron chi connectivity index (χ3n) is 9.06. The summed E-state index contributed by atoms with van der Waals surface area (Å²) in [4.78, 5) is 4.63. The van der Waals surface area contributed by atoms with E-state index < -0.39 is 0 Å². The van der Waals surface area contributed by atoms with Crippen molar-refractivity contribution < 1.29 is 0 Å². The topological polar surface area (TPSA) is 6.48 Å². The van der Waals surface area contributed by atoms with Crippen molar-refractivity contribution in [2.75, 3.05) is 9.80 Å². The molecule has 0 fully saturated rings. The Kier molecular flexibility index (Phi) is 8.73. The van der Waals surface area contributed by atoms with Crippen LogP contribution in [-0.4, -0.2) is 0 Å². The summed E-state index contributed by atoms with van der Waals surface area (Å²) in [6, 6.07) is 77.5. The van der Waals surface area contributed by atoms with E-state index in [1.807, 2.05) is 0 Å². The van der Waals surface area contributed by atoms with Gasteiger partial charge in [-0.3, -0.25) is 0 Å². The van der Waals surface area contributed by atoms with Crippen molar-refractivity contribution in [3.63, 3.8) is 0 Å². The highest BCUT2D eigenvalue weighted by Crippen LogP contribution is 2.39. The van der Waals surface area contributed by atoms with Gasteiger partial charge < -0.3 is 9.80 Å². The fourth-order valence-corrected chi connectivity index (χ4v) is 6.54. The molecule has 0 saturated heterocycles. The number of anilines is 6. The molecule has 0 bridgehead atoms. The summed E-state index contributed by atoms with van der Waals surface area (Å²) in [5.41, 5.74) is 13.8. The van der Waals surface area contributed by atoms with Gasteiger partial charge in [0.2, 0.25) is 0 Å². The van der Waals surface area contributed by atoms with Gasteiger partial charge in [0.25, 0.3) is 0 Å². The second-order valence-electron chi connectivity index (χ2n) is 12.3. The molecule has 0 aliphatic heterocycles. The fraction of sp³-hybridized carbons (Fsp3) is 0. The summed E-state index contributed by atoms with van der Waals surface area (Å²) in [6.07, 6.45) is 0. The van der Waals surface area contributed by atoms with Crippen molar-refractivity contribution in [1.29, 1.82) is 0 Å². The van der Waals surface area contributed by atoms with Crippen molar-refractivity contribution in [2.24, 2.45) is 0 Å². The molecule has 0 radical (unpaired) electrons. The number of benzene rings is 8. The molecule has 50 heavy (non-hydrogen) atoms. The Morgan fingerprint density at radius 2 is 0.440 bits per heavy atom. The molecule has 0 N–H and O–H groups in total. The van der Waals surface area contributed by atoms with Crippen LogP contribution in [0.3, 0.4) is 0 Å². The van der Waals surface area contributed by atoms with E-state index in [4.69, 9.17) is 0 Å². The lowest BCUT2D eigenvalue weighted by atomic mass is 10.0. The molecule has 0 aromatic heterocycles. The Balaban J connectivity index is 1.13. The van der Waals surface area contributed by atoms with Crippen LogP contribution in [0.15, 0.2) is 218 Å². The molecule has 0 spiro atoms. The van der Waals surface area contributed by atoms with Crippen LogP contribution in [0.25, 0.3) is 33.4 Å². The van der Waals surface area contributed by atoms with Gasteiger partial charge >= 0.3 is 0 Å². The maximum Gasteiger partial charge on any atom is 0.0467 e. The van der Waals surface area contributed by atoms with Crippen LogP contribution < -0.4 is 9.80 Å². The Bertz CT molecular complexity index is 2230. The summed E-state index contributed by atoms with van der Waals surface area (Å²) >= 11 is 0. The summed E-state index contributed by atoms with van der Waals surface area (Å²) in [5.74, 6) is 0. The minimum Gasteiger partial charge on any atom is -0.311 e. The van der Waals surface area contributed by atoms with Gasteiger partial charge in [-0.1, -0.05) is 146 Å². The van der Waals surface area contributed by atoms with Gasteiger partial charge in [-0.2, -0.15) is 0 Å². The summed E-state index contributed by atoms with van der Waals surface area (Å²) < 4.78 is 0. The third-order valence-corrected chi connectivity index (χ3v) is 9.06.